The van der Waals surface area contributed by atoms with Crippen molar-refractivity contribution in [3.8, 4) is 17.2 Å². The lowest BCUT2D eigenvalue weighted by Crippen LogP contribution is -2.14. The molecule has 0 saturated carbocycles. The van der Waals surface area contributed by atoms with Gasteiger partial charge in [0.1, 0.15) is 12.7 Å². The van der Waals surface area contributed by atoms with Crippen molar-refractivity contribution in [1.82, 2.24) is 14.8 Å². The van der Waals surface area contributed by atoms with Crippen LogP contribution in [0.5, 0.6) is 11.5 Å². The summed E-state index contributed by atoms with van der Waals surface area (Å²) in [6, 6.07) is 11.4. The molecular weight excluding hydrogens is 350 g/mol. The average molecular weight is 367 g/mol. The molecule has 0 fully saturated rings. The Kier molecular flexibility index (Phi) is 5.46. The standard InChI is InChI=1S/C19H17N3O5/c1-25-17-8-5-14(9-18(17)26-2)16(23)10-27-19(24)13-3-6-15(7-4-13)22-12-20-11-21-22/h3-9,11-12H,10H2,1-2H3. The normalized spacial score (nSPS) is 10.3. The molecule has 8 nitrogen and oxygen atoms in total. The molecule has 0 aliphatic heterocycles. The zero-order chi connectivity index (χ0) is 19.2. The first kappa shape index (κ1) is 18.1. The number of nitrogens with zero attached hydrogens (tertiary/aromatic N) is 3. The van der Waals surface area contributed by atoms with Crippen LogP contribution in [0.2, 0.25) is 0 Å². The van der Waals surface area contributed by atoms with Crippen LogP contribution in [0.4, 0.5) is 0 Å². The number of Topliss-reactive ketones (excluding diaryl/α,β-unsaturated/α-hetero) is 1. The Bertz CT molecular complexity index is 936. The van der Waals surface area contributed by atoms with E-state index in [1.54, 1.807) is 53.5 Å². The first-order valence-electron chi connectivity index (χ1n) is 8.00. The molecule has 0 N–H and O–H groups in total. The molecule has 0 saturated heterocycles. The van der Waals surface area contributed by atoms with Gasteiger partial charge in [-0.3, -0.25) is 4.79 Å². The zero-order valence-electron chi connectivity index (χ0n) is 14.8. The predicted octanol–water partition coefficient (Wildman–Crippen LogP) is 2.32. The van der Waals surface area contributed by atoms with Crippen molar-refractivity contribution in [2.75, 3.05) is 20.8 Å². The fourth-order valence-corrected chi connectivity index (χ4v) is 2.40. The van der Waals surface area contributed by atoms with Gasteiger partial charge in [-0.25, -0.2) is 14.5 Å². The minimum atomic E-state index is -0.589. The molecule has 0 radical (unpaired) electrons. The van der Waals surface area contributed by atoms with E-state index in [-0.39, 0.29) is 12.4 Å². The number of benzene rings is 2. The van der Waals surface area contributed by atoms with Crippen LogP contribution in [0, 0.1) is 0 Å². The number of hydrogen-bond donors (Lipinski definition) is 0. The van der Waals surface area contributed by atoms with Gasteiger partial charge < -0.3 is 14.2 Å². The number of ketones is 1. The molecule has 0 spiro atoms. The van der Waals surface area contributed by atoms with Gasteiger partial charge >= 0.3 is 5.97 Å². The second-order valence-electron chi connectivity index (χ2n) is 5.46. The number of carbonyl (C=O) groups is 2. The first-order valence-corrected chi connectivity index (χ1v) is 8.00. The number of methoxy groups -OCH3 is 2. The molecule has 0 aliphatic rings. The maximum Gasteiger partial charge on any atom is 0.338 e. The van der Waals surface area contributed by atoms with Crippen molar-refractivity contribution in [3.63, 3.8) is 0 Å². The minimum absolute atomic E-state index is 0.332. The van der Waals surface area contributed by atoms with E-state index >= 15 is 0 Å². The average Bonchev–Trinajstić information content (AvgIpc) is 3.26. The highest BCUT2D eigenvalue weighted by molar-refractivity contribution is 5.99. The molecule has 138 valence electrons. The topological polar surface area (TPSA) is 92.5 Å². The molecule has 0 bridgehead atoms. The number of esters is 1. The summed E-state index contributed by atoms with van der Waals surface area (Å²) in [7, 11) is 2.99. The van der Waals surface area contributed by atoms with Crippen LogP contribution in [0.3, 0.4) is 0 Å². The summed E-state index contributed by atoms with van der Waals surface area (Å²) in [5, 5.41) is 4.01. The number of rotatable bonds is 7. The molecule has 0 unspecified atom stereocenters. The first-order chi connectivity index (χ1) is 13.1. The highest BCUT2D eigenvalue weighted by Gasteiger charge is 2.14. The molecular formula is C19H17N3O5. The smallest absolute Gasteiger partial charge is 0.338 e. The summed E-state index contributed by atoms with van der Waals surface area (Å²) in [6.07, 6.45) is 2.97. The second-order valence-corrected chi connectivity index (χ2v) is 5.46. The third-order valence-electron chi connectivity index (χ3n) is 3.83. The van der Waals surface area contributed by atoms with Crippen molar-refractivity contribution >= 4 is 11.8 Å². The fourth-order valence-electron chi connectivity index (χ4n) is 2.40. The van der Waals surface area contributed by atoms with E-state index in [2.05, 4.69) is 10.1 Å². The maximum atomic E-state index is 12.3. The highest BCUT2D eigenvalue weighted by Crippen LogP contribution is 2.27. The van der Waals surface area contributed by atoms with E-state index in [1.165, 1.54) is 20.5 Å². The van der Waals surface area contributed by atoms with E-state index in [9.17, 15) is 9.59 Å². The van der Waals surface area contributed by atoms with Crippen LogP contribution >= 0.6 is 0 Å². The summed E-state index contributed by atoms with van der Waals surface area (Å²) in [5.41, 5.74) is 1.45. The van der Waals surface area contributed by atoms with Crippen LogP contribution in [0.15, 0.2) is 55.1 Å². The van der Waals surface area contributed by atoms with Crippen LogP contribution in [0.25, 0.3) is 5.69 Å². The Hall–Kier alpha value is -3.68. The Morgan fingerprint density at radius 1 is 0.963 bits per heavy atom. The fraction of sp³-hybridized carbons (Fsp3) is 0.158. The van der Waals surface area contributed by atoms with E-state index in [0.29, 0.717) is 22.6 Å². The van der Waals surface area contributed by atoms with Gasteiger partial charge in [0.15, 0.2) is 23.9 Å². The molecule has 8 heteroatoms. The molecule has 1 aromatic heterocycles. The van der Waals surface area contributed by atoms with Crippen molar-refractivity contribution in [2.24, 2.45) is 0 Å². The second kappa shape index (κ2) is 8.13. The molecule has 3 aromatic rings. The quantitative estimate of drug-likeness (QED) is 0.467. The number of carbonyl (C=O) groups excluding carboxylic acids is 2. The van der Waals surface area contributed by atoms with Crippen LogP contribution in [0.1, 0.15) is 20.7 Å². The summed E-state index contributed by atoms with van der Waals surface area (Å²) in [4.78, 5) is 28.3. The molecule has 0 amide bonds. The molecule has 2 aromatic carbocycles. The van der Waals surface area contributed by atoms with Crippen molar-refractivity contribution in [3.05, 3.63) is 66.2 Å². The van der Waals surface area contributed by atoms with Gasteiger partial charge in [-0.1, -0.05) is 0 Å². The van der Waals surface area contributed by atoms with Gasteiger partial charge in [0.2, 0.25) is 0 Å². The third kappa shape index (κ3) is 4.12. The van der Waals surface area contributed by atoms with Gasteiger partial charge in [-0.2, -0.15) is 5.10 Å². The van der Waals surface area contributed by atoms with Crippen molar-refractivity contribution in [1.29, 1.82) is 0 Å². The van der Waals surface area contributed by atoms with Gasteiger partial charge in [-0.15, -0.1) is 0 Å². The summed E-state index contributed by atoms with van der Waals surface area (Å²) in [6.45, 7) is -0.376. The Morgan fingerprint density at radius 2 is 1.67 bits per heavy atom. The van der Waals surface area contributed by atoms with Gasteiger partial charge in [0, 0.05) is 5.56 Å². The van der Waals surface area contributed by atoms with E-state index in [4.69, 9.17) is 14.2 Å². The SMILES string of the molecule is COc1ccc(C(=O)COC(=O)c2ccc(-n3cncn3)cc2)cc1OC. The van der Waals surface area contributed by atoms with Crippen LogP contribution in [-0.2, 0) is 4.74 Å². The lowest BCUT2D eigenvalue weighted by molar-refractivity contribution is 0.0474. The van der Waals surface area contributed by atoms with Crippen molar-refractivity contribution < 1.29 is 23.8 Å². The summed E-state index contributed by atoms with van der Waals surface area (Å²) in [5.74, 6) is 0.00870. The third-order valence-corrected chi connectivity index (χ3v) is 3.83. The predicted molar refractivity (Wildman–Crippen MR) is 95.5 cm³/mol. The Labute approximate surface area is 155 Å². The Balaban J connectivity index is 1.62. The molecule has 27 heavy (non-hydrogen) atoms. The zero-order valence-corrected chi connectivity index (χ0v) is 14.8. The number of aromatic nitrogens is 3. The monoisotopic (exact) mass is 367 g/mol. The van der Waals surface area contributed by atoms with E-state index in [0.717, 1.165) is 5.69 Å². The maximum absolute atomic E-state index is 12.3. The van der Waals surface area contributed by atoms with Gasteiger partial charge in [-0.05, 0) is 42.5 Å². The highest BCUT2D eigenvalue weighted by atomic mass is 16.5. The number of ether oxygens (including phenoxy) is 3. The molecule has 0 atom stereocenters. The van der Waals surface area contributed by atoms with E-state index < -0.39 is 5.97 Å². The Morgan fingerprint density at radius 3 is 2.30 bits per heavy atom. The van der Waals surface area contributed by atoms with E-state index in [1.807, 2.05) is 0 Å². The van der Waals surface area contributed by atoms with Gasteiger partial charge in [0.25, 0.3) is 0 Å². The van der Waals surface area contributed by atoms with Crippen LogP contribution in [-0.4, -0.2) is 47.3 Å². The molecule has 1 heterocycles. The summed E-state index contributed by atoms with van der Waals surface area (Å²) < 4.78 is 17.0. The van der Waals surface area contributed by atoms with Crippen molar-refractivity contribution in [2.45, 2.75) is 0 Å². The van der Waals surface area contributed by atoms with Crippen LogP contribution < -0.4 is 9.47 Å². The lowest BCUT2D eigenvalue weighted by Gasteiger charge is -2.09. The largest absolute Gasteiger partial charge is 0.493 e. The molecule has 3 rings (SSSR count). The summed E-state index contributed by atoms with van der Waals surface area (Å²) >= 11 is 0. The number of hydrogen-bond acceptors (Lipinski definition) is 7. The minimum Gasteiger partial charge on any atom is -0.493 e. The molecule has 0 aliphatic carbocycles. The van der Waals surface area contributed by atoms with Gasteiger partial charge in [0.05, 0.1) is 25.5 Å². The lowest BCUT2D eigenvalue weighted by atomic mass is 10.1.